The van der Waals surface area contributed by atoms with E-state index in [-0.39, 0.29) is 5.92 Å². The number of nitrogens with zero attached hydrogens (tertiary/aromatic N) is 1. The Balaban J connectivity index is 1.63. The molecule has 3 atom stereocenters. The fourth-order valence-electron chi connectivity index (χ4n) is 6.26. The maximum Gasteiger partial charge on any atom is 0.0690 e. The minimum Gasteiger partial charge on any atom is -0.198 e. The van der Waals surface area contributed by atoms with Crippen LogP contribution in [-0.2, 0) is 6.42 Å². The Morgan fingerprint density at radius 2 is 1.34 bits per heavy atom. The zero-order chi connectivity index (χ0) is 19.8. The average molecular weight is 373 g/mol. The van der Waals surface area contributed by atoms with Crippen LogP contribution in [0, 0.1) is 16.7 Å². The highest BCUT2D eigenvalue weighted by Crippen LogP contribution is 2.61. The minimum absolute atomic E-state index is 0.197. The Kier molecular flexibility index (Phi) is 3.31. The molecule has 0 radical (unpaired) electrons. The second kappa shape index (κ2) is 5.71. The van der Waals surface area contributed by atoms with Crippen molar-refractivity contribution in [3.05, 3.63) is 95.1 Å². The smallest absolute Gasteiger partial charge is 0.0690 e. The Labute approximate surface area is 171 Å². The summed E-state index contributed by atoms with van der Waals surface area (Å²) in [6, 6.07) is 29.5. The highest BCUT2D eigenvalue weighted by molar-refractivity contribution is 5.95. The zero-order valence-corrected chi connectivity index (χ0v) is 16.8. The van der Waals surface area contributed by atoms with Gasteiger partial charge in [0.2, 0.25) is 0 Å². The quantitative estimate of drug-likeness (QED) is 0.369. The van der Waals surface area contributed by atoms with Gasteiger partial charge in [0, 0.05) is 11.8 Å². The van der Waals surface area contributed by atoms with Crippen LogP contribution < -0.4 is 0 Å². The minimum atomic E-state index is -0.430. The molecule has 0 spiro atoms. The molecule has 4 aromatic carbocycles. The number of benzene rings is 4. The third kappa shape index (κ3) is 2.15. The lowest BCUT2D eigenvalue weighted by Crippen LogP contribution is -2.27. The zero-order valence-electron chi connectivity index (χ0n) is 16.8. The van der Waals surface area contributed by atoms with E-state index in [1.165, 1.54) is 43.8 Å². The maximum atomic E-state index is 10.1. The molecule has 2 aliphatic rings. The summed E-state index contributed by atoms with van der Waals surface area (Å²) in [6.45, 7) is 4.25. The molecule has 0 saturated heterocycles. The fraction of sp³-hybridized carbons (Fsp3) is 0.250. The van der Waals surface area contributed by atoms with Gasteiger partial charge in [-0.25, -0.2) is 0 Å². The molecule has 4 aromatic rings. The van der Waals surface area contributed by atoms with Gasteiger partial charge >= 0.3 is 0 Å². The fourth-order valence-corrected chi connectivity index (χ4v) is 6.26. The van der Waals surface area contributed by atoms with Gasteiger partial charge in [0.25, 0.3) is 0 Å². The molecule has 2 aliphatic carbocycles. The summed E-state index contributed by atoms with van der Waals surface area (Å²) < 4.78 is 0. The molecule has 0 saturated carbocycles. The van der Waals surface area contributed by atoms with Gasteiger partial charge in [-0.2, -0.15) is 5.26 Å². The van der Waals surface area contributed by atoms with Crippen LogP contribution in [-0.4, -0.2) is 0 Å². The largest absolute Gasteiger partial charge is 0.198 e. The monoisotopic (exact) mass is 373 g/mol. The summed E-state index contributed by atoms with van der Waals surface area (Å²) in [7, 11) is 0. The molecule has 6 rings (SSSR count). The lowest BCUT2D eigenvalue weighted by Gasteiger charge is -2.35. The van der Waals surface area contributed by atoms with Crippen molar-refractivity contribution in [3.8, 4) is 6.07 Å². The first-order valence-corrected chi connectivity index (χ1v) is 10.5. The van der Waals surface area contributed by atoms with Gasteiger partial charge in [-0.3, -0.25) is 0 Å². The maximum absolute atomic E-state index is 10.1. The molecule has 0 amide bonds. The molecular weight excluding hydrogens is 350 g/mol. The molecular formula is C28H23N. The molecule has 1 nitrogen and oxygen atoms in total. The second-order valence-electron chi connectivity index (χ2n) is 9.30. The molecule has 0 heterocycles. The van der Waals surface area contributed by atoms with Crippen molar-refractivity contribution in [2.24, 2.45) is 5.41 Å². The molecule has 0 unspecified atom stereocenters. The van der Waals surface area contributed by atoms with E-state index in [1.807, 2.05) is 0 Å². The predicted octanol–water partition coefficient (Wildman–Crippen LogP) is 7.06. The third-order valence-electron chi connectivity index (χ3n) is 7.38. The van der Waals surface area contributed by atoms with Gasteiger partial charge in [0.1, 0.15) is 0 Å². The molecule has 0 fully saturated rings. The molecule has 140 valence electrons. The van der Waals surface area contributed by atoms with Crippen molar-refractivity contribution in [1.82, 2.24) is 0 Å². The van der Waals surface area contributed by atoms with Crippen LogP contribution in [0.25, 0.3) is 21.5 Å². The first-order chi connectivity index (χ1) is 14.1. The van der Waals surface area contributed by atoms with Crippen molar-refractivity contribution >= 4 is 21.5 Å². The van der Waals surface area contributed by atoms with Gasteiger partial charge < -0.3 is 0 Å². The number of hydrogen-bond donors (Lipinski definition) is 0. The normalized spacial score (nSPS) is 22.3. The Hall–Kier alpha value is -3.11. The molecule has 0 bridgehead atoms. The summed E-state index contributed by atoms with van der Waals surface area (Å²) in [4.78, 5) is 0. The molecule has 0 aromatic heterocycles. The van der Waals surface area contributed by atoms with Crippen LogP contribution in [0.4, 0.5) is 0 Å². The lowest BCUT2D eigenvalue weighted by atomic mass is 9.66. The molecule has 1 heteroatoms. The number of rotatable bonds is 2. The van der Waals surface area contributed by atoms with E-state index >= 15 is 0 Å². The number of hydrogen-bond acceptors (Lipinski definition) is 1. The van der Waals surface area contributed by atoms with E-state index in [0.29, 0.717) is 11.8 Å². The molecule has 0 N–H and O–H groups in total. The average Bonchev–Trinajstić information content (AvgIpc) is 3.28. The SMILES string of the molecule is CC(C)(C#N)[C@@H]1c2cccc3cccc(c23)[C@H]1[C@H]1Cc2cccc3cccc1c23. The lowest BCUT2D eigenvalue weighted by molar-refractivity contribution is 0.314. The van der Waals surface area contributed by atoms with Crippen molar-refractivity contribution in [2.45, 2.75) is 38.0 Å². The Morgan fingerprint density at radius 3 is 2.03 bits per heavy atom. The molecule has 29 heavy (non-hydrogen) atoms. The number of nitriles is 1. The van der Waals surface area contributed by atoms with E-state index < -0.39 is 5.41 Å². The second-order valence-corrected chi connectivity index (χ2v) is 9.30. The van der Waals surface area contributed by atoms with Gasteiger partial charge in [-0.1, -0.05) is 72.8 Å². The van der Waals surface area contributed by atoms with Crippen molar-refractivity contribution < 1.29 is 0 Å². The summed E-state index contributed by atoms with van der Waals surface area (Å²) >= 11 is 0. The van der Waals surface area contributed by atoms with Crippen molar-refractivity contribution in [3.63, 3.8) is 0 Å². The van der Waals surface area contributed by atoms with Crippen LogP contribution >= 0.6 is 0 Å². The van der Waals surface area contributed by atoms with Crippen LogP contribution in [0.5, 0.6) is 0 Å². The van der Waals surface area contributed by atoms with Gasteiger partial charge in [-0.15, -0.1) is 0 Å². The van der Waals surface area contributed by atoms with Crippen molar-refractivity contribution in [1.29, 1.82) is 5.26 Å². The van der Waals surface area contributed by atoms with E-state index in [4.69, 9.17) is 0 Å². The Morgan fingerprint density at radius 1 is 0.759 bits per heavy atom. The Bertz CT molecular complexity index is 1330. The van der Waals surface area contributed by atoms with E-state index in [0.717, 1.165) is 6.42 Å². The van der Waals surface area contributed by atoms with E-state index in [1.54, 1.807) is 0 Å². The van der Waals surface area contributed by atoms with E-state index in [9.17, 15) is 5.26 Å². The van der Waals surface area contributed by atoms with Gasteiger partial charge in [0.15, 0.2) is 0 Å². The summed E-state index contributed by atoms with van der Waals surface area (Å²) in [5.41, 5.74) is 5.28. The highest BCUT2D eigenvalue weighted by atomic mass is 14.5. The summed E-state index contributed by atoms with van der Waals surface area (Å²) in [6.07, 6.45) is 1.06. The summed E-state index contributed by atoms with van der Waals surface area (Å²) in [5, 5.41) is 15.6. The van der Waals surface area contributed by atoms with Crippen LogP contribution in [0.15, 0.2) is 72.8 Å². The molecule has 0 aliphatic heterocycles. The first kappa shape index (κ1) is 16.8. The third-order valence-corrected chi connectivity index (χ3v) is 7.38. The van der Waals surface area contributed by atoms with Gasteiger partial charge in [0.05, 0.1) is 11.5 Å². The van der Waals surface area contributed by atoms with Crippen LogP contribution in [0.2, 0.25) is 0 Å². The van der Waals surface area contributed by atoms with Gasteiger partial charge in [-0.05, 0) is 70.0 Å². The summed E-state index contributed by atoms with van der Waals surface area (Å²) in [5.74, 6) is 0.929. The first-order valence-electron chi connectivity index (χ1n) is 10.5. The topological polar surface area (TPSA) is 23.8 Å². The standard InChI is InChI=1S/C28H23N/c1-28(2,16-29)27-22-14-6-10-18-9-5-13-21(25(18)22)26(27)23-15-19-11-3-7-17-8-4-12-20(23)24(17)19/h3-14,23,26-27H,15H2,1-2H3/t23-,26-,27+/m0/s1. The van der Waals surface area contributed by atoms with Crippen LogP contribution in [0.1, 0.15) is 53.9 Å². The van der Waals surface area contributed by atoms with E-state index in [2.05, 4.69) is 92.7 Å². The highest BCUT2D eigenvalue weighted by Gasteiger charge is 2.48. The van der Waals surface area contributed by atoms with Crippen molar-refractivity contribution in [2.75, 3.05) is 0 Å². The predicted molar refractivity (Wildman–Crippen MR) is 119 cm³/mol. The van der Waals surface area contributed by atoms with Crippen LogP contribution in [0.3, 0.4) is 0 Å².